The second-order valence-corrected chi connectivity index (χ2v) is 8.24. The van der Waals surface area contributed by atoms with Crippen molar-refractivity contribution in [3.8, 4) is 5.75 Å². The van der Waals surface area contributed by atoms with Crippen LogP contribution in [0.5, 0.6) is 5.75 Å². The van der Waals surface area contributed by atoms with Crippen molar-refractivity contribution in [1.82, 2.24) is 19.4 Å². The molecule has 3 aromatic rings. The second kappa shape index (κ2) is 11.2. The molecule has 0 radical (unpaired) electrons. The number of hydrogen-bond acceptors (Lipinski definition) is 5. The Bertz CT molecular complexity index is 1170. The van der Waals surface area contributed by atoms with E-state index in [1.807, 2.05) is 30.7 Å². The van der Waals surface area contributed by atoms with Crippen LogP contribution in [0.2, 0.25) is 0 Å². The van der Waals surface area contributed by atoms with Crippen molar-refractivity contribution in [2.45, 2.75) is 27.2 Å². The minimum atomic E-state index is -0.308. The lowest BCUT2D eigenvalue weighted by Gasteiger charge is -2.23. The average molecular weight is 466 g/mol. The molecule has 1 aromatic heterocycles. The molecule has 8 nitrogen and oxygen atoms in total. The third kappa shape index (κ3) is 5.22. The normalized spacial score (nSPS) is 11.1. The number of ether oxygens (including phenoxy) is 1. The molecule has 0 saturated heterocycles. The van der Waals surface area contributed by atoms with E-state index in [9.17, 15) is 9.59 Å². The first-order valence-electron chi connectivity index (χ1n) is 11.8. The van der Waals surface area contributed by atoms with Gasteiger partial charge in [-0.15, -0.1) is 0 Å². The lowest BCUT2D eigenvalue weighted by Crippen LogP contribution is -2.36. The number of carbonyl (C=O) groups is 2. The first kappa shape index (κ1) is 25.2. The number of likely N-dealkylation sites (N-methyl/N-ethyl adjacent to an activating group) is 2. The smallest absolute Gasteiger partial charge is 0.259 e. The van der Waals surface area contributed by atoms with Crippen molar-refractivity contribution >= 4 is 28.5 Å². The molecular weight excluding hydrogens is 430 g/mol. The number of aromatic nitrogens is 2. The van der Waals surface area contributed by atoms with Gasteiger partial charge in [0, 0.05) is 39.2 Å². The van der Waals surface area contributed by atoms with Gasteiger partial charge < -0.3 is 24.4 Å². The van der Waals surface area contributed by atoms with Gasteiger partial charge in [0.25, 0.3) is 11.8 Å². The maximum absolute atomic E-state index is 13.3. The molecule has 0 fully saturated rings. The van der Waals surface area contributed by atoms with E-state index in [-0.39, 0.29) is 11.8 Å². The first-order valence-corrected chi connectivity index (χ1v) is 11.8. The van der Waals surface area contributed by atoms with Crippen molar-refractivity contribution < 1.29 is 14.3 Å². The SMILES string of the molecule is CCc1nc2cc(C(=O)N(C)CCN(CC)CC)cc(NC(=O)c3ccccc3OC)c2n1C. The van der Waals surface area contributed by atoms with Gasteiger partial charge in [0.1, 0.15) is 11.6 Å². The maximum Gasteiger partial charge on any atom is 0.259 e. The van der Waals surface area contributed by atoms with Crippen LogP contribution in [0, 0.1) is 0 Å². The number of nitrogens with one attached hydrogen (secondary N) is 1. The highest BCUT2D eigenvalue weighted by atomic mass is 16.5. The average Bonchev–Trinajstić information content (AvgIpc) is 3.19. The Morgan fingerprint density at radius 1 is 1.09 bits per heavy atom. The van der Waals surface area contributed by atoms with Gasteiger partial charge in [-0.2, -0.15) is 0 Å². The van der Waals surface area contributed by atoms with Crippen LogP contribution in [0.15, 0.2) is 36.4 Å². The van der Waals surface area contributed by atoms with Gasteiger partial charge in [-0.1, -0.05) is 32.9 Å². The molecule has 182 valence electrons. The summed E-state index contributed by atoms with van der Waals surface area (Å²) < 4.78 is 7.32. The molecule has 0 aliphatic rings. The fourth-order valence-corrected chi connectivity index (χ4v) is 4.11. The molecule has 0 spiro atoms. The Morgan fingerprint density at radius 2 is 1.79 bits per heavy atom. The van der Waals surface area contributed by atoms with Crippen LogP contribution in [0.1, 0.15) is 47.3 Å². The molecule has 34 heavy (non-hydrogen) atoms. The molecule has 0 aliphatic carbocycles. The van der Waals surface area contributed by atoms with Crippen molar-refractivity contribution in [2.75, 3.05) is 45.7 Å². The van der Waals surface area contributed by atoms with Crippen molar-refractivity contribution in [2.24, 2.45) is 7.05 Å². The Balaban J connectivity index is 1.98. The molecule has 1 N–H and O–H groups in total. The predicted octanol–water partition coefficient (Wildman–Crippen LogP) is 3.81. The summed E-state index contributed by atoms with van der Waals surface area (Å²) >= 11 is 0. The van der Waals surface area contributed by atoms with Crippen LogP contribution < -0.4 is 10.1 Å². The summed E-state index contributed by atoms with van der Waals surface area (Å²) in [7, 11) is 5.26. The van der Waals surface area contributed by atoms with Gasteiger partial charge in [0.15, 0.2) is 0 Å². The van der Waals surface area contributed by atoms with E-state index in [0.29, 0.717) is 34.6 Å². The topological polar surface area (TPSA) is 79.7 Å². The molecule has 1 heterocycles. The van der Waals surface area contributed by atoms with E-state index in [2.05, 4.69) is 24.1 Å². The number of nitrogens with zero attached hydrogens (tertiary/aromatic N) is 4. The van der Waals surface area contributed by atoms with E-state index in [0.717, 1.165) is 37.4 Å². The number of para-hydroxylation sites is 1. The number of anilines is 1. The largest absolute Gasteiger partial charge is 0.496 e. The second-order valence-electron chi connectivity index (χ2n) is 8.24. The number of fused-ring (bicyclic) bond motifs is 1. The Hall–Kier alpha value is -3.39. The number of aryl methyl sites for hydroxylation is 2. The third-order valence-electron chi connectivity index (χ3n) is 6.22. The summed E-state index contributed by atoms with van der Waals surface area (Å²) in [5.74, 6) is 0.948. The van der Waals surface area contributed by atoms with Gasteiger partial charge in [-0.25, -0.2) is 4.98 Å². The van der Waals surface area contributed by atoms with Gasteiger partial charge in [-0.3, -0.25) is 9.59 Å². The Morgan fingerprint density at radius 3 is 2.44 bits per heavy atom. The van der Waals surface area contributed by atoms with Gasteiger partial charge >= 0.3 is 0 Å². The lowest BCUT2D eigenvalue weighted by atomic mass is 10.1. The zero-order chi connectivity index (χ0) is 24.8. The van der Waals surface area contributed by atoms with Crippen LogP contribution in [0.4, 0.5) is 5.69 Å². The summed E-state index contributed by atoms with van der Waals surface area (Å²) in [6, 6.07) is 10.6. The maximum atomic E-state index is 13.3. The Kier molecular flexibility index (Phi) is 8.28. The summed E-state index contributed by atoms with van der Waals surface area (Å²) in [4.78, 5) is 35.2. The minimum Gasteiger partial charge on any atom is -0.496 e. The van der Waals surface area contributed by atoms with Crippen molar-refractivity contribution in [3.63, 3.8) is 0 Å². The molecule has 2 amide bonds. The summed E-state index contributed by atoms with van der Waals surface area (Å²) in [6.07, 6.45) is 0.734. The molecule has 0 saturated carbocycles. The molecular formula is C26H35N5O3. The zero-order valence-electron chi connectivity index (χ0n) is 21.0. The number of hydrogen-bond donors (Lipinski definition) is 1. The molecule has 0 atom stereocenters. The number of amides is 2. The number of imidazole rings is 1. The fraction of sp³-hybridized carbons (Fsp3) is 0.423. The molecule has 2 aromatic carbocycles. The van der Waals surface area contributed by atoms with E-state index in [1.165, 1.54) is 7.11 Å². The van der Waals surface area contributed by atoms with Gasteiger partial charge in [0.2, 0.25) is 0 Å². The minimum absolute atomic E-state index is 0.106. The number of carbonyl (C=O) groups excluding carboxylic acids is 2. The number of methoxy groups -OCH3 is 1. The third-order valence-corrected chi connectivity index (χ3v) is 6.22. The molecule has 3 rings (SSSR count). The lowest BCUT2D eigenvalue weighted by molar-refractivity contribution is 0.0779. The zero-order valence-corrected chi connectivity index (χ0v) is 21.0. The van der Waals surface area contributed by atoms with E-state index in [4.69, 9.17) is 9.72 Å². The van der Waals surface area contributed by atoms with Crippen LogP contribution in [-0.4, -0.2) is 71.5 Å². The molecule has 0 bridgehead atoms. The predicted molar refractivity (Wildman–Crippen MR) is 136 cm³/mol. The van der Waals surface area contributed by atoms with Gasteiger partial charge in [0.05, 0.1) is 29.4 Å². The standard InChI is InChI=1S/C26H35N5O3/c1-7-23-27-20-16-18(26(33)29(4)14-15-31(8-2)9-3)17-21(24(20)30(23)5)28-25(32)19-12-10-11-13-22(19)34-6/h10-13,16-17H,7-9,14-15H2,1-6H3,(H,28,32). The highest BCUT2D eigenvalue weighted by molar-refractivity contribution is 6.11. The number of rotatable bonds is 10. The molecule has 8 heteroatoms. The van der Waals surface area contributed by atoms with E-state index >= 15 is 0 Å². The fourth-order valence-electron chi connectivity index (χ4n) is 4.11. The summed E-state index contributed by atoms with van der Waals surface area (Å²) in [5.41, 5.74) is 2.92. The van der Waals surface area contributed by atoms with Crippen LogP contribution in [-0.2, 0) is 13.5 Å². The summed E-state index contributed by atoms with van der Waals surface area (Å²) in [6.45, 7) is 9.56. The van der Waals surface area contributed by atoms with Crippen LogP contribution in [0.3, 0.4) is 0 Å². The highest BCUT2D eigenvalue weighted by Gasteiger charge is 2.21. The monoisotopic (exact) mass is 465 g/mol. The molecule has 0 aliphatic heterocycles. The molecule has 0 unspecified atom stereocenters. The summed E-state index contributed by atoms with van der Waals surface area (Å²) in [5, 5.41) is 3.00. The van der Waals surface area contributed by atoms with Crippen LogP contribution in [0.25, 0.3) is 11.0 Å². The first-order chi connectivity index (χ1) is 16.3. The Labute approximate surface area is 201 Å². The van der Waals surface area contributed by atoms with Gasteiger partial charge in [-0.05, 0) is 37.4 Å². The van der Waals surface area contributed by atoms with E-state index in [1.54, 1.807) is 36.2 Å². The van der Waals surface area contributed by atoms with Crippen molar-refractivity contribution in [3.05, 3.63) is 53.3 Å². The number of benzene rings is 2. The quantitative estimate of drug-likeness (QED) is 0.493. The van der Waals surface area contributed by atoms with Crippen LogP contribution >= 0.6 is 0 Å². The van der Waals surface area contributed by atoms with Crippen molar-refractivity contribution in [1.29, 1.82) is 0 Å². The highest BCUT2D eigenvalue weighted by Crippen LogP contribution is 2.28. The van der Waals surface area contributed by atoms with E-state index < -0.39 is 0 Å².